The molecule has 2 rings (SSSR count). The molecule has 0 aliphatic carbocycles. The first-order valence-electron chi connectivity index (χ1n) is 8.25. The minimum atomic E-state index is -0.223. The van der Waals surface area contributed by atoms with Gasteiger partial charge < -0.3 is 15.0 Å². The summed E-state index contributed by atoms with van der Waals surface area (Å²) < 4.78 is 5.46. The highest BCUT2D eigenvalue weighted by Gasteiger charge is 2.26. The van der Waals surface area contributed by atoms with Gasteiger partial charge in [-0.05, 0) is 33.1 Å². The molecular formula is C16H26N4O3. The molecule has 0 spiro atoms. The van der Waals surface area contributed by atoms with Crippen LogP contribution >= 0.6 is 0 Å². The number of nitrogens with one attached hydrogen (secondary N) is 2. The van der Waals surface area contributed by atoms with Gasteiger partial charge >= 0.3 is 0 Å². The van der Waals surface area contributed by atoms with Crippen LogP contribution in [-0.4, -0.2) is 48.4 Å². The van der Waals surface area contributed by atoms with E-state index in [9.17, 15) is 9.59 Å². The lowest BCUT2D eigenvalue weighted by molar-refractivity contribution is -0.125. The van der Waals surface area contributed by atoms with E-state index < -0.39 is 0 Å². The van der Waals surface area contributed by atoms with E-state index in [4.69, 9.17) is 4.74 Å². The van der Waals surface area contributed by atoms with Crippen molar-refractivity contribution in [3.63, 3.8) is 0 Å². The molecule has 0 bridgehead atoms. The minimum Gasteiger partial charge on any atom is -0.379 e. The number of carbonyl (C=O) groups is 1. The second kappa shape index (κ2) is 8.67. The second-order valence-corrected chi connectivity index (χ2v) is 6.15. The number of carbonyl (C=O) groups excluding carboxylic acids is 1. The van der Waals surface area contributed by atoms with Gasteiger partial charge in [-0.2, -0.15) is 5.10 Å². The molecule has 1 fully saturated rings. The molecule has 23 heavy (non-hydrogen) atoms. The maximum atomic E-state index is 12.3. The first-order chi connectivity index (χ1) is 11.1. The Bertz CT molecular complexity index is 558. The zero-order chi connectivity index (χ0) is 16.7. The molecule has 2 N–H and O–H groups in total. The Hall–Kier alpha value is -1.89. The Morgan fingerprint density at radius 2 is 2.39 bits per heavy atom. The summed E-state index contributed by atoms with van der Waals surface area (Å²) in [7, 11) is 0. The number of amides is 1. The maximum Gasteiger partial charge on any atom is 0.266 e. The molecule has 1 saturated heterocycles. The molecule has 1 aromatic rings. The fourth-order valence-corrected chi connectivity index (χ4v) is 2.71. The summed E-state index contributed by atoms with van der Waals surface area (Å²) in [4.78, 5) is 25.7. The summed E-state index contributed by atoms with van der Waals surface area (Å²) in [6.07, 6.45) is 4.48. The zero-order valence-corrected chi connectivity index (χ0v) is 13.9. The van der Waals surface area contributed by atoms with Crippen LogP contribution in [0.15, 0.2) is 17.1 Å². The van der Waals surface area contributed by atoms with Crippen LogP contribution in [0.3, 0.4) is 0 Å². The molecule has 1 aliphatic rings. The summed E-state index contributed by atoms with van der Waals surface area (Å²) in [5.74, 6) is 0.0334. The van der Waals surface area contributed by atoms with Crippen molar-refractivity contribution >= 4 is 11.6 Å². The molecule has 7 nitrogen and oxygen atoms in total. The number of anilines is 1. The highest BCUT2D eigenvalue weighted by atomic mass is 16.5. The molecule has 7 heteroatoms. The summed E-state index contributed by atoms with van der Waals surface area (Å²) in [5.41, 5.74) is 0.552. The van der Waals surface area contributed by atoms with Crippen LogP contribution in [0.2, 0.25) is 0 Å². The number of aromatic amines is 1. The van der Waals surface area contributed by atoms with E-state index in [2.05, 4.69) is 20.4 Å². The Balaban J connectivity index is 1.79. The van der Waals surface area contributed by atoms with Gasteiger partial charge in [0.2, 0.25) is 5.91 Å². The van der Waals surface area contributed by atoms with Crippen molar-refractivity contribution in [2.75, 3.05) is 31.1 Å². The van der Waals surface area contributed by atoms with Gasteiger partial charge in [-0.25, -0.2) is 5.10 Å². The number of aromatic nitrogens is 2. The fraction of sp³-hybridized carbons (Fsp3) is 0.688. The number of nitrogens with zero attached hydrogens (tertiary/aromatic N) is 2. The third kappa shape index (κ3) is 5.67. The average molecular weight is 322 g/mol. The smallest absolute Gasteiger partial charge is 0.266 e. The highest BCUT2D eigenvalue weighted by Crippen LogP contribution is 2.21. The third-order valence-corrected chi connectivity index (χ3v) is 3.88. The van der Waals surface area contributed by atoms with Crippen molar-refractivity contribution in [1.29, 1.82) is 0 Å². The van der Waals surface area contributed by atoms with Crippen molar-refractivity contribution < 1.29 is 9.53 Å². The molecule has 1 aromatic heterocycles. The first-order valence-corrected chi connectivity index (χ1v) is 8.25. The van der Waals surface area contributed by atoms with Gasteiger partial charge in [0, 0.05) is 32.3 Å². The topological polar surface area (TPSA) is 87.3 Å². The van der Waals surface area contributed by atoms with Crippen LogP contribution in [0.4, 0.5) is 5.69 Å². The summed E-state index contributed by atoms with van der Waals surface area (Å²) in [6.45, 7) is 6.76. The van der Waals surface area contributed by atoms with E-state index in [1.54, 1.807) is 6.20 Å². The van der Waals surface area contributed by atoms with E-state index in [0.29, 0.717) is 19.7 Å². The fourth-order valence-electron chi connectivity index (χ4n) is 2.71. The van der Waals surface area contributed by atoms with E-state index in [-0.39, 0.29) is 23.5 Å². The Morgan fingerprint density at radius 3 is 3.13 bits per heavy atom. The van der Waals surface area contributed by atoms with Gasteiger partial charge in [-0.15, -0.1) is 0 Å². The monoisotopic (exact) mass is 322 g/mol. The molecule has 1 atom stereocenters. The van der Waals surface area contributed by atoms with Crippen molar-refractivity contribution in [2.45, 2.75) is 39.2 Å². The maximum absolute atomic E-state index is 12.3. The molecule has 1 aliphatic heterocycles. The van der Waals surface area contributed by atoms with Crippen LogP contribution in [0.5, 0.6) is 0 Å². The quantitative estimate of drug-likeness (QED) is 0.729. The van der Waals surface area contributed by atoms with Gasteiger partial charge in [0.05, 0.1) is 23.9 Å². The van der Waals surface area contributed by atoms with Crippen molar-refractivity contribution in [3.8, 4) is 0 Å². The number of hydrogen-bond acceptors (Lipinski definition) is 5. The lowest BCUT2D eigenvalue weighted by Crippen LogP contribution is -2.43. The lowest BCUT2D eigenvalue weighted by Gasteiger charge is -2.33. The highest BCUT2D eigenvalue weighted by molar-refractivity contribution is 5.79. The number of piperidine rings is 1. The SMILES string of the molecule is CC(C)OCCCNC(=O)C1CCCN(c2cn[nH]c(=O)c2)C1. The van der Waals surface area contributed by atoms with Crippen LogP contribution in [0.25, 0.3) is 0 Å². The molecular weight excluding hydrogens is 296 g/mol. The van der Waals surface area contributed by atoms with Crippen molar-refractivity contribution in [1.82, 2.24) is 15.5 Å². The number of rotatable bonds is 7. The molecule has 128 valence electrons. The number of ether oxygens (including phenoxy) is 1. The molecule has 0 radical (unpaired) electrons. The van der Waals surface area contributed by atoms with Crippen LogP contribution in [0, 0.1) is 5.92 Å². The van der Waals surface area contributed by atoms with Crippen LogP contribution in [0.1, 0.15) is 33.1 Å². The van der Waals surface area contributed by atoms with Gasteiger partial charge in [0.25, 0.3) is 5.56 Å². The van der Waals surface area contributed by atoms with Gasteiger partial charge in [0.1, 0.15) is 0 Å². The Morgan fingerprint density at radius 1 is 1.57 bits per heavy atom. The van der Waals surface area contributed by atoms with E-state index in [1.807, 2.05) is 13.8 Å². The lowest BCUT2D eigenvalue weighted by atomic mass is 9.97. The largest absolute Gasteiger partial charge is 0.379 e. The zero-order valence-electron chi connectivity index (χ0n) is 13.9. The normalized spacial score (nSPS) is 18.2. The van der Waals surface area contributed by atoms with Gasteiger partial charge in [-0.1, -0.05) is 0 Å². The average Bonchev–Trinajstić information content (AvgIpc) is 2.54. The number of hydrogen-bond donors (Lipinski definition) is 2. The number of H-pyrrole nitrogens is 1. The summed E-state index contributed by atoms with van der Waals surface area (Å²) >= 11 is 0. The van der Waals surface area contributed by atoms with Crippen LogP contribution in [-0.2, 0) is 9.53 Å². The third-order valence-electron chi connectivity index (χ3n) is 3.88. The molecule has 1 unspecified atom stereocenters. The Labute approximate surface area is 136 Å². The van der Waals surface area contributed by atoms with Gasteiger partial charge in [0.15, 0.2) is 0 Å². The second-order valence-electron chi connectivity index (χ2n) is 6.15. The predicted molar refractivity (Wildman–Crippen MR) is 88.5 cm³/mol. The van der Waals surface area contributed by atoms with Crippen molar-refractivity contribution in [3.05, 3.63) is 22.6 Å². The molecule has 1 amide bonds. The summed E-state index contributed by atoms with van der Waals surface area (Å²) in [6, 6.07) is 1.52. The molecule has 0 aromatic carbocycles. The standard InChI is InChI=1S/C16H26N4O3/c1-12(2)23-8-4-6-17-16(22)13-5-3-7-20(11-13)14-9-15(21)19-18-10-14/h9-10,12-13H,3-8,11H2,1-2H3,(H,17,22)(H,19,21). The first kappa shape index (κ1) is 17.5. The predicted octanol–water partition coefficient (Wildman–Crippen LogP) is 0.918. The van der Waals surface area contributed by atoms with E-state index in [0.717, 1.165) is 31.5 Å². The van der Waals surface area contributed by atoms with Crippen LogP contribution < -0.4 is 15.8 Å². The summed E-state index contributed by atoms with van der Waals surface area (Å²) in [5, 5.41) is 9.17. The van der Waals surface area contributed by atoms with Crippen molar-refractivity contribution in [2.24, 2.45) is 5.92 Å². The Kier molecular flexibility index (Phi) is 6.58. The van der Waals surface area contributed by atoms with E-state index >= 15 is 0 Å². The molecule has 2 heterocycles. The minimum absolute atomic E-state index is 0.0472. The van der Waals surface area contributed by atoms with Gasteiger partial charge in [-0.3, -0.25) is 9.59 Å². The van der Waals surface area contributed by atoms with E-state index in [1.165, 1.54) is 6.07 Å². The molecule has 0 saturated carbocycles.